The minimum atomic E-state index is -3.15. The molecule has 1 saturated carbocycles. The number of benzene rings is 1. The number of ether oxygens (including phenoxy) is 1. The number of sulfone groups is 1. The average molecular weight is 380 g/mol. The summed E-state index contributed by atoms with van der Waals surface area (Å²) < 4.78 is 30.2. The Morgan fingerprint density at radius 1 is 1.12 bits per heavy atom. The highest BCUT2D eigenvalue weighted by Gasteiger charge is 2.35. The summed E-state index contributed by atoms with van der Waals surface area (Å²) in [4.78, 5) is 12.3. The van der Waals surface area contributed by atoms with Crippen molar-refractivity contribution < 1.29 is 17.9 Å². The van der Waals surface area contributed by atoms with Crippen LogP contribution in [0, 0.1) is 0 Å². The topological polar surface area (TPSA) is 72.5 Å². The van der Waals surface area contributed by atoms with E-state index in [4.69, 9.17) is 4.74 Å². The molecule has 1 N–H and O–H groups in total. The molecule has 1 saturated heterocycles. The summed E-state index contributed by atoms with van der Waals surface area (Å²) >= 11 is 0. The molecule has 144 valence electrons. The Kier molecular flexibility index (Phi) is 6.35. The summed E-state index contributed by atoms with van der Waals surface area (Å²) in [5, 5.41) is 2.76. The lowest BCUT2D eigenvalue weighted by Gasteiger charge is -2.38. The van der Waals surface area contributed by atoms with Crippen LogP contribution < -0.4 is 5.32 Å². The quantitative estimate of drug-likeness (QED) is 0.790. The van der Waals surface area contributed by atoms with Gasteiger partial charge in [0.05, 0.1) is 11.0 Å². The molecule has 1 aromatic rings. The highest BCUT2D eigenvalue weighted by atomic mass is 32.2. The fourth-order valence-corrected chi connectivity index (χ4v) is 5.98. The third-order valence-electron chi connectivity index (χ3n) is 5.88. The van der Waals surface area contributed by atoms with Gasteiger partial charge in [0.25, 0.3) is 0 Å². The molecule has 1 heterocycles. The summed E-state index contributed by atoms with van der Waals surface area (Å²) in [6.45, 7) is 1.89. The smallest absolute Gasteiger partial charge is 0.221 e. The first-order valence-electron chi connectivity index (χ1n) is 9.63. The SMILES string of the molecule is O=C(CCS(=O)(=O)C1CCCC1)NCC1(c2ccccc2)CCOCC1. The number of nitrogens with one attached hydrogen (secondary N) is 1. The van der Waals surface area contributed by atoms with E-state index in [1.54, 1.807) is 0 Å². The first-order valence-corrected chi connectivity index (χ1v) is 11.3. The Morgan fingerprint density at radius 3 is 2.42 bits per heavy atom. The molecule has 26 heavy (non-hydrogen) atoms. The van der Waals surface area contributed by atoms with E-state index in [9.17, 15) is 13.2 Å². The van der Waals surface area contributed by atoms with Crippen LogP contribution in [0.4, 0.5) is 0 Å². The van der Waals surface area contributed by atoms with E-state index in [0.717, 1.165) is 38.5 Å². The summed E-state index contributed by atoms with van der Waals surface area (Å²) in [7, 11) is -3.15. The van der Waals surface area contributed by atoms with Crippen molar-refractivity contribution in [1.29, 1.82) is 0 Å². The van der Waals surface area contributed by atoms with Crippen molar-refractivity contribution in [3.63, 3.8) is 0 Å². The van der Waals surface area contributed by atoms with Crippen molar-refractivity contribution in [2.24, 2.45) is 0 Å². The molecule has 1 aliphatic heterocycles. The molecule has 0 atom stereocenters. The van der Waals surface area contributed by atoms with Crippen LogP contribution in [0.2, 0.25) is 0 Å². The Balaban J connectivity index is 1.56. The van der Waals surface area contributed by atoms with E-state index in [-0.39, 0.29) is 28.7 Å². The minimum absolute atomic E-state index is 0.0368. The van der Waals surface area contributed by atoms with E-state index in [1.165, 1.54) is 5.56 Å². The second-order valence-corrected chi connectivity index (χ2v) is 9.96. The molecular formula is C20H29NO4S. The van der Waals surface area contributed by atoms with Gasteiger partial charge in [0, 0.05) is 31.6 Å². The van der Waals surface area contributed by atoms with Crippen molar-refractivity contribution >= 4 is 15.7 Å². The maximum absolute atomic E-state index is 12.3. The van der Waals surface area contributed by atoms with Gasteiger partial charge in [-0.25, -0.2) is 8.42 Å². The van der Waals surface area contributed by atoms with Gasteiger partial charge in [-0.1, -0.05) is 43.2 Å². The van der Waals surface area contributed by atoms with Crippen LogP contribution in [0.15, 0.2) is 30.3 Å². The van der Waals surface area contributed by atoms with Gasteiger partial charge in [-0.3, -0.25) is 4.79 Å². The Morgan fingerprint density at radius 2 is 1.77 bits per heavy atom. The molecule has 0 spiro atoms. The Hall–Kier alpha value is -1.40. The number of hydrogen-bond acceptors (Lipinski definition) is 4. The van der Waals surface area contributed by atoms with E-state index in [1.807, 2.05) is 18.2 Å². The lowest BCUT2D eigenvalue weighted by Crippen LogP contribution is -2.45. The highest BCUT2D eigenvalue weighted by Crippen LogP contribution is 2.34. The summed E-state index contributed by atoms with van der Waals surface area (Å²) in [6.07, 6.45) is 5.24. The molecule has 6 heteroatoms. The third kappa shape index (κ3) is 4.65. The number of carbonyl (C=O) groups is 1. The zero-order valence-corrected chi connectivity index (χ0v) is 16.1. The van der Waals surface area contributed by atoms with Crippen molar-refractivity contribution in [3.05, 3.63) is 35.9 Å². The lowest BCUT2D eigenvalue weighted by molar-refractivity contribution is -0.121. The van der Waals surface area contributed by atoms with E-state index >= 15 is 0 Å². The molecule has 1 aliphatic carbocycles. The predicted molar refractivity (Wildman–Crippen MR) is 102 cm³/mol. The highest BCUT2D eigenvalue weighted by molar-refractivity contribution is 7.92. The van der Waals surface area contributed by atoms with E-state index in [0.29, 0.717) is 19.8 Å². The van der Waals surface area contributed by atoms with Gasteiger partial charge < -0.3 is 10.1 Å². The van der Waals surface area contributed by atoms with Crippen molar-refractivity contribution in [3.8, 4) is 0 Å². The molecule has 0 radical (unpaired) electrons. The number of carbonyl (C=O) groups excluding carboxylic acids is 1. The van der Waals surface area contributed by atoms with Gasteiger partial charge in [0.2, 0.25) is 5.91 Å². The number of rotatable bonds is 7. The van der Waals surface area contributed by atoms with Crippen LogP contribution in [-0.2, 0) is 24.8 Å². The fraction of sp³-hybridized carbons (Fsp3) is 0.650. The third-order valence-corrected chi connectivity index (χ3v) is 8.14. The molecule has 0 unspecified atom stereocenters. The second kappa shape index (κ2) is 8.53. The lowest BCUT2D eigenvalue weighted by atomic mass is 9.74. The molecule has 5 nitrogen and oxygen atoms in total. The minimum Gasteiger partial charge on any atom is -0.381 e. The van der Waals surface area contributed by atoms with Gasteiger partial charge in [-0.2, -0.15) is 0 Å². The Labute approximate surface area is 156 Å². The van der Waals surface area contributed by atoms with Crippen LogP contribution in [0.5, 0.6) is 0 Å². The normalized spacial score (nSPS) is 20.8. The summed E-state index contributed by atoms with van der Waals surface area (Å²) in [5.74, 6) is -0.210. The molecule has 2 aliphatic rings. The van der Waals surface area contributed by atoms with Gasteiger partial charge >= 0.3 is 0 Å². The van der Waals surface area contributed by atoms with Gasteiger partial charge in [-0.05, 0) is 31.2 Å². The molecular weight excluding hydrogens is 350 g/mol. The predicted octanol–water partition coefficient (Wildman–Crippen LogP) is 2.60. The molecule has 0 bridgehead atoms. The van der Waals surface area contributed by atoms with E-state index in [2.05, 4.69) is 17.4 Å². The zero-order chi connectivity index (χ0) is 18.5. The average Bonchev–Trinajstić information content (AvgIpc) is 3.22. The largest absolute Gasteiger partial charge is 0.381 e. The van der Waals surface area contributed by atoms with Crippen LogP contribution in [-0.4, -0.2) is 45.1 Å². The molecule has 1 aromatic carbocycles. The summed E-state index contributed by atoms with van der Waals surface area (Å²) in [5.41, 5.74) is 1.08. The van der Waals surface area contributed by atoms with Crippen LogP contribution >= 0.6 is 0 Å². The first kappa shape index (κ1) is 19.4. The van der Waals surface area contributed by atoms with E-state index < -0.39 is 9.84 Å². The standard InChI is InChI=1S/C20H29NO4S/c22-19(10-15-26(23,24)18-8-4-5-9-18)21-16-20(11-13-25-14-12-20)17-6-2-1-3-7-17/h1-3,6-7,18H,4-5,8-16H2,(H,21,22). The second-order valence-electron chi connectivity index (χ2n) is 7.56. The first-order chi connectivity index (χ1) is 12.5. The summed E-state index contributed by atoms with van der Waals surface area (Å²) in [6, 6.07) is 10.2. The van der Waals surface area contributed by atoms with Crippen molar-refractivity contribution in [1.82, 2.24) is 5.32 Å². The van der Waals surface area contributed by atoms with Crippen LogP contribution in [0.3, 0.4) is 0 Å². The van der Waals surface area contributed by atoms with Gasteiger partial charge in [-0.15, -0.1) is 0 Å². The van der Waals surface area contributed by atoms with Gasteiger partial charge in [0.15, 0.2) is 9.84 Å². The number of amides is 1. The molecule has 0 aromatic heterocycles. The molecule has 1 amide bonds. The van der Waals surface area contributed by atoms with Crippen LogP contribution in [0.25, 0.3) is 0 Å². The van der Waals surface area contributed by atoms with Crippen molar-refractivity contribution in [2.75, 3.05) is 25.5 Å². The van der Waals surface area contributed by atoms with Crippen LogP contribution in [0.1, 0.15) is 50.5 Å². The maximum Gasteiger partial charge on any atom is 0.221 e. The van der Waals surface area contributed by atoms with Gasteiger partial charge in [0.1, 0.15) is 0 Å². The Bertz CT molecular complexity index is 690. The molecule has 3 rings (SSSR count). The monoisotopic (exact) mass is 379 g/mol. The fourth-order valence-electron chi connectivity index (χ4n) is 4.13. The number of hydrogen-bond donors (Lipinski definition) is 1. The maximum atomic E-state index is 12.3. The zero-order valence-electron chi connectivity index (χ0n) is 15.3. The van der Waals surface area contributed by atoms with Crippen molar-refractivity contribution in [2.45, 2.75) is 55.6 Å². The molecule has 2 fully saturated rings.